The predicted octanol–water partition coefficient (Wildman–Crippen LogP) is 5.70. The zero-order chi connectivity index (χ0) is 39.4. The summed E-state index contributed by atoms with van der Waals surface area (Å²) in [5.74, 6) is -1.22. The fourth-order valence-corrected chi connectivity index (χ4v) is 9.65. The van der Waals surface area contributed by atoms with Gasteiger partial charge in [-0.15, -0.1) is 11.8 Å². The van der Waals surface area contributed by atoms with Crippen molar-refractivity contribution in [2.75, 3.05) is 31.4 Å². The van der Waals surface area contributed by atoms with Gasteiger partial charge >= 0.3 is 5.97 Å². The number of nitrogens with zero attached hydrogens (tertiary/aromatic N) is 2. The van der Waals surface area contributed by atoms with Crippen LogP contribution in [0.3, 0.4) is 0 Å². The second-order valence-electron chi connectivity index (χ2n) is 15.0. The summed E-state index contributed by atoms with van der Waals surface area (Å²) in [5, 5.41) is 5.98. The molecule has 0 aliphatic carbocycles. The van der Waals surface area contributed by atoms with Crippen LogP contribution in [-0.2, 0) is 41.6 Å². The van der Waals surface area contributed by atoms with Crippen LogP contribution < -0.4 is 20.3 Å². The summed E-state index contributed by atoms with van der Waals surface area (Å²) in [7, 11) is 2.91. The first-order valence-corrected chi connectivity index (χ1v) is 21.0. The van der Waals surface area contributed by atoms with Gasteiger partial charge in [0.2, 0.25) is 23.6 Å². The highest BCUT2D eigenvalue weighted by Crippen LogP contribution is 2.35. The molecule has 3 aliphatic heterocycles. The third kappa shape index (κ3) is 10.1. The van der Waals surface area contributed by atoms with E-state index in [2.05, 4.69) is 10.6 Å². The number of benzene rings is 3. The van der Waals surface area contributed by atoms with Crippen molar-refractivity contribution in [2.45, 2.75) is 94.1 Å². The molecular formula is C44H54N4O7S. The number of fused-ring (bicyclic) bond motifs is 1. The Bertz CT molecular complexity index is 1810. The smallest absolute Gasteiger partial charge is 0.328 e. The number of hydrogen-bond donors (Lipinski definition) is 2. The molecule has 298 valence electrons. The Morgan fingerprint density at radius 3 is 2.23 bits per heavy atom. The molecule has 3 aromatic carbocycles. The molecule has 3 aromatic rings. The van der Waals surface area contributed by atoms with E-state index >= 15 is 4.79 Å². The maximum atomic E-state index is 15.1. The number of amides is 4. The van der Waals surface area contributed by atoms with Gasteiger partial charge in [0.15, 0.2) is 0 Å². The summed E-state index contributed by atoms with van der Waals surface area (Å²) in [6, 6.07) is 24.7. The summed E-state index contributed by atoms with van der Waals surface area (Å²) in [6.07, 6.45) is 6.27. The lowest BCUT2D eigenvalue weighted by atomic mass is 9.86. The third-order valence-corrected chi connectivity index (χ3v) is 12.6. The lowest BCUT2D eigenvalue weighted by Gasteiger charge is -2.40. The van der Waals surface area contributed by atoms with Crippen LogP contribution in [0.2, 0.25) is 0 Å². The van der Waals surface area contributed by atoms with Crippen LogP contribution in [0, 0.1) is 11.8 Å². The number of hydrogen-bond acceptors (Lipinski definition) is 8. The number of piperidine rings is 1. The lowest BCUT2D eigenvalue weighted by Crippen LogP contribution is -2.57. The Morgan fingerprint density at radius 2 is 1.54 bits per heavy atom. The second-order valence-corrected chi connectivity index (χ2v) is 16.2. The van der Waals surface area contributed by atoms with Gasteiger partial charge in [0.05, 0.1) is 19.6 Å². The van der Waals surface area contributed by atoms with Gasteiger partial charge < -0.3 is 25.0 Å². The number of anilines is 1. The molecule has 3 fully saturated rings. The van der Waals surface area contributed by atoms with Crippen molar-refractivity contribution < 1.29 is 33.4 Å². The molecule has 0 aromatic heterocycles. The number of carbonyl (C=O) groups is 5. The zero-order valence-electron chi connectivity index (χ0n) is 32.4. The fourth-order valence-electron chi connectivity index (χ4n) is 8.27. The van der Waals surface area contributed by atoms with E-state index in [1.807, 2.05) is 78.9 Å². The van der Waals surface area contributed by atoms with Gasteiger partial charge in [-0.2, -0.15) is 0 Å². The quantitative estimate of drug-likeness (QED) is 0.199. The number of rotatable bonds is 14. The Balaban J connectivity index is 1.29. The van der Waals surface area contributed by atoms with E-state index in [1.165, 1.54) is 7.11 Å². The maximum absolute atomic E-state index is 15.1. The normalized spacial score (nSPS) is 22.3. The van der Waals surface area contributed by atoms with Gasteiger partial charge in [-0.25, -0.2) is 4.79 Å². The predicted molar refractivity (Wildman–Crippen MR) is 217 cm³/mol. The fraction of sp³-hybridized carbons (Fsp3) is 0.477. The topological polar surface area (TPSA) is 134 Å². The molecule has 0 bridgehead atoms. The average molecular weight is 783 g/mol. The minimum absolute atomic E-state index is 0.143. The standard InChI is InChI=1S/C44H54N4O7S/c1-54-35-18-11-17-34(29-35)47(37-19-9-10-25-45-41(37)50)42(51)33(28-31-15-7-4-8-16-31)23-22-32(27-30-13-5-3-6-14-30)40(49)46-36-24-26-56-39-21-12-20-38(44(53)55-2)48(39)43(36)52/h3-8,11,13-18,29,32-33,36-39H,9-10,12,19-28H2,1-2H3,(H,45,50)(H,46,49)/t32-,33-,36?,37+,38?,39?/m1/s1. The molecule has 3 aliphatic rings. The van der Waals surface area contributed by atoms with Crippen molar-refractivity contribution in [3.8, 4) is 5.75 Å². The van der Waals surface area contributed by atoms with Crippen LogP contribution in [0.1, 0.15) is 68.9 Å². The van der Waals surface area contributed by atoms with E-state index in [9.17, 15) is 19.2 Å². The van der Waals surface area contributed by atoms with E-state index in [4.69, 9.17) is 9.47 Å². The number of nitrogens with one attached hydrogen (secondary N) is 2. The van der Waals surface area contributed by atoms with Crippen molar-refractivity contribution >= 4 is 47.0 Å². The van der Waals surface area contributed by atoms with Crippen LogP contribution in [0.4, 0.5) is 5.69 Å². The lowest BCUT2D eigenvalue weighted by molar-refractivity contribution is -0.156. The highest BCUT2D eigenvalue weighted by atomic mass is 32.2. The van der Waals surface area contributed by atoms with Gasteiger partial charge in [-0.1, -0.05) is 66.7 Å². The molecule has 0 radical (unpaired) electrons. The van der Waals surface area contributed by atoms with E-state index in [1.54, 1.807) is 34.7 Å². The largest absolute Gasteiger partial charge is 0.497 e. The van der Waals surface area contributed by atoms with E-state index in [-0.39, 0.29) is 29.0 Å². The minimum atomic E-state index is -0.789. The first-order chi connectivity index (χ1) is 27.3. The van der Waals surface area contributed by atoms with Crippen LogP contribution in [0.15, 0.2) is 84.9 Å². The van der Waals surface area contributed by atoms with Gasteiger partial charge in [0.1, 0.15) is 23.9 Å². The van der Waals surface area contributed by atoms with Crippen molar-refractivity contribution in [1.82, 2.24) is 15.5 Å². The monoisotopic (exact) mass is 782 g/mol. The summed E-state index contributed by atoms with van der Waals surface area (Å²) >= 11 is 1.65. The Hall–Kier alpha value is -4.84. The summed E-state index contributed by atoms with van der Waals surface area (Å²) in [4.78, 5) is 73.4. The molecule has 6 atom stereocenters. The molecule has 56 heavy (non-hydrogen) atoms. The van der Waals surface area contributed by atoms with Crippen LogP contribution in [0.25, 0.3) is 0 Å². The minimum Gasteiger partial charge on any atom is -0.497 e. The molecule has 4 amide bonds. The molecule has 11 nitrogen and oxygen atoms in total. The van der Waals surface area contributed by atoms with Crippen LogP contribution in [0.5, 0.6) is 5.75 Å². The van der Waals surface area contributed by atoms with Crippen LogP contribution in [-0.4, -0.2) is 84.5 Å². The molecule has 3 heterocycles. The first-order valence-electron chi connectivity index (χ1n) is 19.9. The van der Waals surface area contributed by atoms with Gasteiger partial charge in [-0.3, -0.25) is 24.1 Å². The molecule has 2 N–H and O–H groups in total. The molecule has 3 unspecified atom stereocenters. The number of ether oxygens (including phenoxy) is 2. The van der Waals surface area contributed by atoms with Crippen molar-refractivity contribution in [2.24, 2.45) is 11.8 Å². The number of methoxy groups -OCH3 is 2. The van der Waals surface area contributed by atoms with E-state index in [0.717, 1.165) is 36.8 Å². The number of esters is 1. The zero-order valence-corrected chi connectivity index (χ0v) is 33.2. The van der Waals surface area contributed by atoms with Crippen LogP contribution >= 0.6 is 11.8 Å². The highest BCUT2D eigenvalue weighted by Gasteiger charge is 2.44. The number of thioether (sulfide) groups is 1. The second kappa shape index (κ2) is 19.8. The van der Waals surface area contributed by atoms with Crippen molar-refractivity contribution in [3.63, 3.8) is 0 Å². The summed E-state index contributed by atoms with van der Waals surface area (Å²) < 4.78 is 10.6. The van der Waals surface area contributed by atoms with E-state index < -0.39 is 35.9 Å². The Kier molecular flexibility index (Phi) is 14.5. The van der Waals surface area contributed by atoms with Crippen molar-refractivity contribution in [3.05, 3.63) is 96.1 Å². The van der Waals surface area contributed by atoms with Gasteiger partial charge in [-0.05, 0) is 99.6 Å². The van der Waals surface area contributed by atoms with E-state index in [0.29, 0.717) is 68.7 Å². The summed E-state index contributed by atoms with van der Waals surface area (Å²) in [6.45, 7) is 0.559. The molecule has 3 saturated heterocycles. The number of carbonyl (C=O) groups excluding carboxylic acids is 5. The average Bonchev–Trinajstić information content (AvgIpc) is 3.54. The molecule has 6 rings (SSSR count). The summed E-state index contributed by atoms with van der Waals surface area (Å²) in [5.41, 5.74) is 2.53. The maximum Gasteiger partial charge on any atom is 0.328 e. The molecular weight excluding hydrogens is 729 g/mol. The SMILES string of the molecule is COC(=O)C1CCCC2SCCC(NC(=O)[C@H](CC[C@H](Cc3ccccc3)C(=O)N(c3cccc(OC)c3)[C@H]3CCCCNC3=O)Cc3ccccc3)C(=O)N21. The van der Waals surface area contributed by atoms with Gasteiger partial charge in [0, 0.05) is 30.1 Å². The molecule has 12 heteroatoms. The third-order valence-electron chi connectivity index (χ3n) is 11.3. The van der Waals surface area contributed by atoms with Crippen molar-refractivity contribution in [1.29, 1.82) is 0 Å². The molecule has 0 saturated carbocycles. The van der Waals surface area contributed by atoms with Gasteiger partial charge in [0.25, 0.3) is 0 Å². The Labute approximate surface area is 334 Å². The molecule has 0 spiro atoms. The highest BCUT2D eigenvalue weighted by molar-refractivity contribution is 7.99. The first kappa shape index (κ1) is 40.8. The Morgan fingerprint density at radius 1 is 0.839 bits per heavy atom.